The van der Waals surface area contributed by atoms with Crippen LogP contribution in [0, 0.1) is 0 Å². The fraction of sp³-hybridized carbons (Fsp3) is 0.167. The van der Waals surface area contributed by atoms with E-state index in [1.165, 1.54) is 4.68 Å². The van der Waals surface area contributed by atoms with Crippen molar-refractivity contribution < 1.29 is 18.0 Å². The Bertz CT molecular complexity index is 1090. The number of carbonyl (C=O) groups is 1. The molecule has 0 aliphatic rings. The number of benzene rings is 2. The zero-order chi connectivity index (χ0) is 22.1. The number of nitrogens with two attached hydrogens (primary N) is 1. The first kappa shape index (κ1) is 22.3. The van der Waals surface area contributed by atoms with Crippen LogP contribution in [0.2, 0.25) is 10.0 Å². The van der Waals surface area contributed by atoms with Crippen LogP contribution < -0.4 is 11.2 Å². The topological polar surface area (TPSA) is 85.8 Å². The smallest absolute Gasteiger partial charge is 0.335 e. The first-order valence-corrected chi connectivity index (χ1v) is 10.0. The van der Waals surface area contributed by atoms with Gasteiger partial charge in [-0.3, -0.25) is 4.79 Å². The Kier molecular flexibility index (Phi) is 6.49. The molecule has 3 aromatic rings. The van der Waals surface area contributed by atoms with Crippen molar-refractivity contribution in [2.45, 2.75) is 23.5 Å². The van der Waals surface area contributed by atoms with E-state index in [2.05, 4.69) is 15.5 Å². The van der Waals surface area contributed by atoms with E-state index in [9.17, 15) is 18.0 Å². The predicted molar refractivity (Wildman–Crippen MR) is 111 cm³/mol. The number of amides is 1. The molecule has 1 heterocycles. The van der Waals surface area contributed by atoms with Gasteiger partial charge in [0.05, 0.1) is 21.5 Å². The summed E-state index contributed by atoms with van der Waals surface area (Å²) in [5.74, 6) is 5.79. The van der Waals surface area contributed by atoms with E-state index >= 15 is 0 Å². The van der Waals surface area contributed by atoms with Gasteiger partial charge in [0, 0.05) is 10.6 Å². The Morgan fingerprint density at radius 2 is 1.93 bits per heavy atom. The van der Waals surface area contributed by atoms with Gasteiger partial charge in [-0.25, -0.2) is 4.68 Å². The molecule has 0 spiro atoms. The summed E-state index contributed by atoms with van der Waals surface area (Å²) in [7, 11) is 0. The number of alkyl halides is 3. The Morgan fingerprint density at radius 3 is 2.60 bits per heavy atom. The van der Waals surface area contributed by atoms with Gasteiger partial charge in [-0.2, -0.15) is 13.2 Å². The summed E-state index contributed by atoms with van der Waals surface area (Å²) in [5.41, 5.74) is -0.426. The van der Waals surface area contributed by atoms with E-state index in [0.29, 0.717) is 16.4 Å². The summed E-state index contributed by atoms with van der Waals surface area (Å²) in [6, 6.07) is 9.53. The van der Waals surface area contributed by atoms with Crippen LogP contribution in [-0.2, 0) is 11.0 Å². The largest absolute Gasteiger partial charge is 0.416 e. The highest BCUT2D eigenvalue weighted by atomic mass is 35.5. The summed E-state index contributed by atoms with van der Waals surface area (Å²) in [6.07, 6.45) is -4.56. The van der Waals surface area contributed by atoms with Crippen LogP contribution in [0.15, 0.2) is 47.6 Å². The van der Waals surface area contributed by atoms with Gasteiger partial charge in [0.15, 0.2) is 5.82 Å². The third kappa shape index (κ3) is 5.00. The van der Waals surface area contributed by atoms with Gasteiger partial charge in [0.1, 0.15) is 0 Å². The zero-order valence-corrected chi connectivity index (χ0v) is 17.6. The van der Waals surface area contributed by atoms with Crippen LogP contribution >= 0.6 is 35.0 Å². The molecule has 0 radical (unpaired) electrons. The Balaban J connectivity index is 1.74. The first-order chi connectivity index (χ1) is 14.1. The van der Waals surface area contributed by atoms with E-state index in [1.54, 1.807) is 31.2 Å². The number of thioether (sulfide) groups is 1. The fourth-order valence-electron chi connectivity index (χ4n) is 2.43. The van der Waals surface area contributed by atoms with Crippen LogP contribution in [0.3, 0.4) is 0 Å². The van der Waals surface area contributed by atoms with Crippen molar-refractivity contribution in [1.82, 2.24) is 14.9 Å². The lowest BCUT2D eigenvalue weighted by Gasteiger charge is -2.14. The first-order valence-electron chi connectivity index (χ1n) is 8.37. The number of nitrogens with one attached hydrogen (secondary N) is 1. The van der Waals surface area contributed by atoms with E-state index < -0.39 is 22.9 Å². The van der Waals surface area contributed by atoms with Crippen molar-refractivity contribution in [1.29, 1.82) is 0 Å². The molecule has 3 rings (SSSR count). The SMILES string of the molecule is CC(Sc1nnc(-c2cccc(Cl)c2)n1N)C(=O)Nc1cc(C(F)(F)F)ccc1Cl. The van der Waals surface area contributed by atoms with Crippen molar-refractivity contribution in [3.63, 3.8) is 0 Å². The maximum Gasteiger partial charge on any atom is 0.416 e. The van der Waals surface area contributed by atoms with Gasteiger partial charge < -0.3 is 11.2 Å². The number of hydrogen-bond donors (Lipinski definition) is 2. The molecule has 1 amide bonds. The monoisotopic (exact) mass is 475 g/mol. The standard InChI is InChI=1S/C18H14Cl2F3N5OS/c1-9(16(29)25-14-8-11(18(21,22)23)5-6-13(14)20)30-17-27-26-15(28(17)24)10-3-2-4-12(19)7-10/h2-9H,24H2,1H3,(H,25,29). The van der Waals surface area contributed by atoms with Crippen LogP contribution in [-0.4, -0.2) is 26.0 Å². The number of nitrogens with zero attached hydrogens (tertiary/aromatic N) is 3. The van der Waals surface area contributed by atoms with Gasteiger partial charge in [-0.05, 0) is 37.3 Å². The predicted octanol–water partition coefficient (Wildman–Crippen LogP) is 5.10. The number of carbonyl (C=O) groups excluding carboxylic acids is 1. The average molecular weight is 476 g/mol. The van der Waals surface area contributed by atoms with Crippen LogP contribution in [0.1, 0.15) is 12.5 Å². The van der Waals surface area contributed by atoms with Gasteiger partial charge in [0.25, 0.3) is 0 Å². The molecule has 0 aliphatic heterocycles. The molecule has 1 aromatic heterocycles. The van der Waals surface area contributed by atoms with Crippen molar-refractivity contribution in [2.75, 3.05) is 11.2 Å². The molecule has 1 unspecified atom stereocenters. The summed E-state index contributed by atoms with van der Waals surface area (Å²) >= 11 is 12.9. The number of hydrogen-bond acceptors (Lipinski definition) is 5. The number of anilines is 1. The van der Waals surface area contributed by atoms with Crippen molar-refractivity contribution in [3.05, 3.63) is 58.1 Å². The van der Waals surface area contributed by atoms with Gasteiger partial charge in [-0.1, -0.05) is 47.1 Å². The summed E-state index contributed by atoms with van der Waals surface area (Å²) in [4.78, 5) is 12.5. The van der Waals surface area contributed by atoms with Crippen molar-refractivity contribution in [3.8, 4) is 11.4 Å². The summed E-state index contributed by atoms with van der Waals surface area (Å²) in [5, 5.41) is 10.3. The number of rotatable bonds is 5. The summed E-state index contributed by atoms with van der Waals surface area (Å²) < 4.78 is 39.9. The molecule has 3 N–H and O–H groups in total. The molecule has 6 nitrogen and oxygen atoms in total. The minimum Gasteiger partial charge on any atom is -0.335 e. The molecule has 0 bridgehead atoms. The Hall–Kier alpha value is -2.43. The van der Waals surface area contributed by atoms with E-state index in [1.807, 2.05) is 0 Å². The number of nitrogen functional groups attached to an aromatic ring is 1. The van der Waals surface area contributed by atoms with E-state index in [-0.39, 0.29) is 15.9 Å². The second-order valence-corrected chi connectivity index (χ2v) is 8.28. The van der Waals surface area contributed by atoms with Crippen molar-refractivity contribution in [2.24, 2.45) is 0 Å². The maximum atomic E-state index is 12.9. The van der Waals surface area contributed by atoms with Gasteiger partial charge >= 0.3 is 6.18 Å². The molecular weight excluding hydrogens is 462 g/mol. The molecule has 1 atom stereocenters. The highest BCUT2D eigenvalue weighted by Gasteiger charge is 2.31. The molecule has 158 valence electrons. The molecule has 0 aliphatic carbocycles. The van der Waals surface area contributed by atoms with Gasteiger partial charge in [-0.15, -0.1) is 10.2 Å². The number of halogens is 5. The minimum absolute atomic E-state index is 0.0150. The Labute approximate surface area is 183 Å². The minimum atomic E-state index is -4.56. The quantitative estimate of drug-likeness (QED) is 0.395. The zero-order valence-electron chi connectivity index (χ0n) is 15.2. The third-order valence-electron chi connectivity index (χ3n) is 3.95. The fourth-order valence-corrected chi connectivity index (χ4v) is 3.55. The molecule has 12 heteroatoms. The second kappa shape index (κ2) is 8.75. The lowest BCUT2D eigenvalue weighted by Crippen LogP contribution is -2.24. The van der Waals surface area contributed by atoms with Crippen LogP contribution in [0.4, 0.5) is 18.9 Å². The number of aromatic nitrogens is 3. The molecule has 0 fully saturated rings. The maximum absolute atomic E-state index is 12.9. The van der Waals surface area contributed by atoms with Crippen LogP contribution in [0.25, 0.3) is 11.4 Å². The molecule has 30 heavy (non-hydrogen) atoms. The van der Waals surface area contributed by atoms with Crippen LogP contribution in [0.5, 0.6) is 0 Å². The van der Waals surface area contributed by atoms with Crippen molar-refractivity contribution >= 4 is 46.6 Å². The van der Waals surface area contributed by atoms with E-state index in [4.69, 9.17) is 29.0 Å². The molecule has 2 aromatic carbocycles. The average Bonchev–Trinajstić information content (AvgIpc) is 3.03. The Morgan fingerprint density at radius 1 is 1.20 bits per heavy atom. The lowest BCUT2D eigenvalue weighted by atomic mass is 10.2. The normalized spacial score (nSPS) is 12.6. The molecule has 0 saturated heterocycles. The lowest BCUT2D eigenvalue weighted by molar-refractivity contribution is -0.137. The highest BCUT2D eigenvalue weighted by Crippen LogP contribution is 2.34. The molecular formula is C18H14Cl2F3N5OS. The van der Waals surface area contributed by atoms with E-state index in [0.717, 1.165) is 30.0 Å². The highest BCUT2D eigenvalue weighted by molar-refractivity contribution is 8.00. The van der Waals surface area contributed by atoms with Gasteiger partial charge in [0.2, 0.25) is 11.1 Å². The third-order valence-corrected chi connectivity index (χ3v) is 5.57. The second-order valence-electron chi connectivity index (χ2n) is 6.13. The molecule has 0 saturated carbocycles. The summed E-state index contributed by atoms with van der Waals surface area (Å²) in [6.45, 7) is 1.55.